The number of thiophene rings is 1. The molecule has 5 nitrogen and oxygen atoms in total. The van der Waals surface area contributed by atoms with Crippen LogP contribution in [0.1, 0.15) is 0 Å². The topological polar surface area (TPSA) is 56.7 Å². The van der Waals surface area contributed by atoms with Gasteiger partial charge in [0.15, 0.2) is 17.5 Å². The minimum atomic E-state index is 0.646. The molecule has 4 aromatic heterocycles. The largest absolute Gasteiger partial charge is 0.456 e. The summed E-state index contributed by atoms with van der Waals surface area (Å²) in [6.07, 6.45) is 0. The molecular formula is C51H30N4OS. The molecular weight excluding hydrogens is 717 g/mol. The summed E-state index contributed by atoms with van der Waals surface area (Å²) in [4.78, 5) is 15.0. The zero-order valence-corrected chi connectivity index (χ0v) is 31.2. The van der Waals surface area contributed by atoms with Gasteiger partial charge >= 0.3 is 0 Å². The standard InChI is InChI=1S/C51H30N4OS/c1-3-14-31(15-4-1)49-52-50(32-16-5-2-6-17-32)54-51(53-49)33-28-29-45-39(30-33)38-22-11-21-37(48(38)57-45)36-20-12-26-43-46(36)47-42(25-13-27-44(47)56-43)55-40-23-9-7-18-34(40)35-19-8-10-24-41(35)55/h1-30H. The van der Waals surface area contributed by atoms with Gasteiger partial charge < -0.3 is 8.98 Å². The Morgan fingerprint density at radius 2 is 0.947 bits per heavy atom. The van der Waals surface area contributed by atoms with Crippen molar-refractivity contribution >= 4 is 75.3 Å². The van der Waals surface area contributed by atoms with E-state index in [-0.39, 0.29) is 0 Å². The molecule has 266 valence electrons. The third kappa shape index (κ3) is 4.98. The van der Waals surface area contributed by atoms with Gasteiger partial charge in [0.05, 0.1) is 22.1 Å². The highest BCUT2D eigenvalue weighted by Crippen LogP contribution is 2.46. The van der Waals surface area contributed by atoms with Crippen molar-refractivity contribution in [3.05, 3.63) is 182 Å². The van der Waals surface area contributed by atoms with E-state index in [2.05, 4.69) is 126 Å². The number of aromatic nitrogens is 4. The first-order valence-corrected chi connectivity index (χ1v) is 19.8. The second-order valence-electron chi connectivity index (χ2n) is 14.3. The van der Waals surface area contributed by atoms with Gasteiger partial charge in [-0.15, -0.1) is 11.3 Å². The van der Waals surface area contributed by atoms with E-state index in [0.29, 0.717) is 17.5 Å². The Morgan fingerprint density at radius 1 is 0.404 bits per heavy atom. The van der Waals surface area contributed by atoms with E-state index in [1.165, 1.54) is 47.5 Å². The van der Waals surface area contributed by atoms with Gasteiger partial charge in [0, 0.05) is 58.6 Å². The first-order chi connectivity index (χ1) is 28.3. The monoisotopic (exact) mass is 746 g/mol. The molecule has 0 radical (unpaired) electrons. The number of rotatable bonds is 5. The van der Waals surface area contributed by atoms with Crippen LogP contribution in [0.15, 0.2) is 186 Å². The van der Waals surface area contributed by atoms with Gasteiger partial charge in [-0.1, -0.05) is 133 Å². The van der Waals surface area contributed by atoms with Gasteiger partial charge in [-0.05, 0) is 54.1 Å². The molecule has 12 aromatic rings. The fourth-order valence-electron chi connectivity index (χ4n) is 8.53. The molecule has 12 rings (SSSR count). The van der Waals surface area contributed by atoms with Gasteiger partial charge in [0.25, 0.3) is 0 Å². The molecule has 4 heterocycles. The lowest BCUT2D eigenvalue weighted by molar-refractivity contribution is 0.669. The van der Waals surface area contributed by atoms with Crippen LogP contribution in [0.4, 0.5) is 0 Å². The lowest BCUT2D eigenvalue weighted by atomic mass is 9.97. The van der Waals surface area contributed by atoms with Crippen molar-refractivity contribution in [2.75, 3.05) is 0 Å². The highest BCUT2D eigenvalue weighted by Gasteiger charge is 2.22. The number of para-hydroxylation sites is 2. The summed E-state index contributed by atoms with van der Waals surface area (Å²) in [5.74, 6) is 1.95. The number of hydrogen-bond donors (Lipinski definition) is 0. The summed E-state index contributed by atoms with van der Waals surface area (Å²) in [5.41, 5.74) is 10.4. The number of benzene rings is 8. The first kappa shape index (κ1) is 31.9. The molecule has 57 heavy (non-hydrogen) atoms. The predicted octanol–water partition coefficient (Wildman–Crippen LogP) is 13.9. The van der Waals surface area contributed by atoms with Crippen molar-refractivity contribution in [2.24, 2.45) is 0 Å². The molecule has 0 spiro atoms. The zero-order chi connectivity index (χ0) is 37.5. The minimum Gasteiger partial charge on any atom is -0.456 e. The Labute approximate surface area is 330 Å². The number of furan rings is 1. The highest BCUT2D eigenvalue weighted by atomic mass is 32.1. The van der Waals surface area contributed by atoms with E-state index in [4.69, 9.17) is 19.4 Å². The van der Waals surface area contributed by atoms with Crippen LogP contribution in [-0.2, 0) is 0 Å². The van der Waals surface area contributed by atoms with Crippen LogP contribution in [0.25, 0.3) is 115 Å². The number of hydrogen-bond acceptors (Lipinski definition) is 5. The molecule has 0 aliphatic carbocycles. The zero-order valence-electron chi connectivity index (χ0n) is 30.4. The Morgan fingerprint density at radius 3 is 1.63 bits per heavy atom. The van der Waals surface area contributed by atoms with Crippen molar-refractivity contribution in [1.29, 1.82) is 0 Å². The van der Waals surface area contributed by atoms with Gasteiger partial charge in [-0.25, -0.2) is 15.0 Å². The van der Waals surface area contributed by atoms with E-state index < -0.39 is 0 Å². The molecule has 0 fully saturated rings. The van der Waals surface area contributed by atoms with Crippen LogP contribution in [0, 0.1) is 0 Å². The average Bonchev–Trinajstić information content (AvgIpc) is 3.96. The summed E-state index contributed by atoms with van der Waals surface area (Å²) >= 11 is 1.82. The molecule has 0 aliphatic heterocycles. The maximum Gasteiger partial charge on any atom is 0.164 e. The van der Waals surface area contributed by atoms with Crippen LogP contribution in [0.5, 0.6) is 0 Å². The Balaban J connectivity index is 1.06. The summed E-state index contributed by atoms with van der Waals surface area (Å²) in [5, 5.41) is 7.06. The highest BCUT2D eigenvalue weighted by molar-refractivity contribution is 7.26. The molecule has 0 saturated carbocycles. The quantitative estimate of drug-likeness (QED) is 0.176. The molecule has 0 unspecified atom stereocenters. The molecule has 6 heteroatoms. The SMILES string of the molecule is c1ccc(-c2nc(-c3ccccc3)nc(-c3ccc4sc5c(-c6cccc7oc8cccc(-n9c%10ccccc%10c%10ccccc%109)c8c67)cccc5c4c3)n2)cc1. The van der Waals surface area contributed by atoms with Crippen LogP contribution in [-0.4, -0.2) is 19.5 Å². The van der Waals surface area contributed by atoms with Crippen LogP contribution in [0.2, 0.25) is 0 Å². The molecule has 0 N–H and O–H groups in total. The second kappa shape index (κ2) is 12.6. The summed E-state index contributed by atoms with van der Waals surface area (Å²) in [7, 11) is 0. The fraction of sp³-hybridized carbons (Fsp3) is 0. The van der Waals surface area contributed by atoms with E-state index in [1.54, 1.807) is 0 Å². The van der Waals surface area contributed by atoms with Crippen molar-refractivity contribution < 1.29 is 4.42 Å². The molecule has 0 aliphatic rings. The van der Waals surface area contributed by atoms with E-state index in [0.717, 1.165) is 49.9 Å². The van der Waals surface area contributed by atoms with Gasteiger partial charge in [-0.2, -0.15) is 0 Å². The lowest BCUT2D eigenvalue weighted by Crippen LogP contribution is -2.00. The number of nitrogens with zero attached hydrogens (tertiary/aromatic N) is 4. The van der Waals surface area contributed by atoms with Crippen molar-refractivity contribution in [1.82, 2.24) is 19.5 Å². The molecule has 8 aromatic carbocycles. The van der Waals surface area contributed by atoms with Crippen LogP contribution in [0.3, 0.4) is 0 Å². The van der Waals surface area contributed by atoms with E-state index >= 15 is 0 Å². The average molecular weight is 747 g/mol. The maximum absolute atomic E-state index is 6.67. The summed E-state index contributed by atoms with van der Waals surface area (Å²) in [6.45, 7) is 0. The third-order valence-electron chi connectivity index (χ3n) is 11.1. The number of fused-ring (bicyclic) bond motifs is 9. The summed E-state index contributed by atoms with van der Waals surface area (Å²) < 4.78 is 11.5. The predicted molar refractivity (Wildman–Crippen MR) is 236 cm³/mol. The third-order valence-corrected chi connectivity index (χ3v) is 12.3. The van der Waals surface area contributed by atoms with Gasteiger partial charge in [0.2, 0.25) is 0 Å². The lowest BCUT2D eigenvalue weighted by Gasteiger charge is -2.11. The van der Waals surface area contributed by atoms with Crippen LogP contribution < -0.4 is 0 Å². The van der Waals surface area contributed by atoms with Crippen LogP contribution >= 0.6 is 11.3 Å². The van der Waals surface area contributed by atoms with E-state index in [1.807, 2.05) is 72.0 Å². The molecule has 0 bridgehead atoms. The van der Waals surface area contributed by atoms with E-state index in [9.17, 15) is 0 Å². The van der Waals surface area contributed by atoms with Crippen molar-refractivity contribution in [2.45, 2.75) is 0 Å². The smallest absolute Gasteiger partial charge is 0.164 e. The molecule has 0 atom stereocenters. The molecule has 0 amide bonds. The Kier molecular flexibility index (Phi) is 7.03. The van der Waals surface area contributed by atoms with Crippen molar-refractivity contribution in [3.63, 3.8) is 0 Å². The van der Waals surface area contributed by atoms with Gasteiger partial charge in [-0.3, -0.25) is 0 Å². The second-order valence-corrected chi connectivity index (χ2v) is 15.4. The van der Waals surface area contributed by atoms with Gasteiger partial charge in [0.1, 0.15) is 11.2 Å². The fourth-order valence-corrected chi connectivity index (χ4v) is 9.74. The normalized spacial score (nSPS) is 11.9. The summed E-state index contributed by atoms with van der Waals surface area (Å²) in [6, 6.07) is 63.7. The van der Waals surface area contributed by atoms with Crippen molar-refractivity contribution in [3.8, 4) is 51.0 Å². The minimum absolute atomic E-state index is 0.646. The first-order valence-electron chi connectivity index (χ1n) is 19.0. The molecule has 0 saturated heterocycles. The Bertz CT molecular complexity index is 3420. The maximum atomic E-state index is 6.67. The Hall–Kier alpha value is -7.41.